The Hall–Kier alpha value is -0.980. The molecular formula is C12H20N4O2. The van der Waals surface area contributed by atoms with Crippen molar-refractivity contribution in [3.05, 3.63) is 0 Å². The number of hydrogen-bond acceptors (Lipinski definition) is 6. The Morgan fingerprint density at radius 3 is 2.94 bits per heavy atom. The maximum atomic E-state index is 12.5. The largest absolute Gasteiger partial charge is 0.411 e. The number of fused-ring (bicyclic) bond motifs is 2. The van der Waals surface area contributed by atoms with Crippen molar-refractivity contribution in [1.29, 1.82) is 0 Å². The van der Waals surface area contributed by atoms with Gasteiger partial charge in [-0.1, -0.05) is 5.16 Å². The van der Waals surface area contributed by atoms with Gasteiger partial charge in [0.1, 0.15) is 5.71 Å². The highest BCUT2D eigenvalue weighted by molar-refractivity contribution is 6.41. The quantitative estimate of drug-likeness (QED) is 0.338. The fourth-order valence-electron chi connectivity index (χ4n) is 3.43. The number of carbonyl (C=O) groups excluding carboxylic acids is 1. The molecule has 3 saturated heterocycles. The fraction of sp³-hybridized carbons (Fsp3) is 0.833. The summed E-state index contributed by atoms with van der Waals surface area (Å²) in [4.78, 5) is 12.5. The van der Waals surface area contributed by atoms with E-state index in [0.29, 0.717) is 5.71 Å². The zero-order chi connectivity index (χ0) is 12.5. The minimum atomic E-state index is -0.0877. The van der Waals surface area contributed by atoms with Gasteiger partial charge in [0.15, 0.2) is 5.78 Å². The molecule has 6 nitrogen and oxygen atoms in total. The lowest BCUT2D eigenvalue weighted by Gasteiger charge is -2.34. The van der Waals surface area contributed by atoms with E-state index >= 15 is 0 Å². The van der Waals surface area contributed by atoms with Crippen molar-refractivity contribution >= 4 is 11.5 Å². The zero-order valence-electron chi connectivity index (χ0n) is 10.4. The number of Topliss-reactive ketones (excluding diaryl/α,β-unsaturated/α-hetero) is 1. The first-order valence-electron chi connectivity index (χ1n) is 6.77. The Kier molecular flexibility index (Phi) is 3.32. The summed E-state index contributed by atoms with van der Waals surface area (Å²) in [5, 5.41) is 22.8. The standard InChI is InChI=1S/C12H20N4O2/c17-11-8-2-1-4-14-12(8)15-9-6-13-5-3-7(9)10(11)16-18/h7-9,12-15,18H,1-6H2/b16-10-. The second-order valence-corrected chi connectivity index (χ2v) is 5.40. The number of piperidine rings is 2. The number of carbonyl (C=O) groups is 1. The first-order chi connectivity index (χ1) is 8.81. The van der Waals surface area contributed by atoms with E-state index in [9.17, 15) is 10.0 Å². The molecule has 3 fully saturated rings. The Morgan fingerprint density at radius 1 is 1.22 bits per heavy atom. The molecule has 0 radical (unpaired) electrons. The third-order valence-electron chi connectivity index (χ3n) is 4.38. The molecule has 0 aliphatic carbocycles. The van der Waals surface area contributed by atoms with Crippen molar-refractivity contribution in [3.63, 3.8) is 0 Å². The SMILES string of the molecule is O=C1/C(=N\O)C2CCNCC2NC2NCCCC12. The highest BCUT2D eigenvalue weighted by Crippen LogP contribution is 2.27. The van der Waals surface area contributed by atoms with Gasteiger partial charge in [0.25, 0.3) is 0 Å². The molecule has 0 amide bonds. The number of ketones is 1. The van der Waals surface area contributed by atoms with Crippen molar-refractivity contribution in [3.8, 4) is 0 Å². The van der Waals surface area contributed by atoms with Crippen LogP contribution in [0.3, 0.4) is 0 Å². The molecular weight excluding hydrogens is 232 g/mol. The van der Waals surface area contributed by atoms with E-state index in [1.54, 1.807) is 0 Å². The number of rotatable bonds is 0. The predicted molar refractivity (Wildman–Crippen MR) is 66.6 cm³/mol. The van der Waals surface area contributed by atoms with Crippen LogP contribution in [0, 0.1) is 11.8 Å². The topological polar surface area (TPSA) is 85.8 Å². The van der Waals surface area contributed by atoms with Gasteiger partial charge in [-0.3, -0.25) is 10.1 Å². The molecule has 4 atom stereocenters. The molecule has 0 saturated carbocycles. The first-order valence-corrected chi connectivity index (χ1v) is 6.77. The highest BCUT2D eigenvalue weighted by Gasteiger charge is 2.44. The van der Waals surface area contributed by atoms with Crippen molar-refractivity contribution in [2.45, 2.75) is 31.5 Å². The summed E-state index contributed by atoms with van der Waals surface area (Å²) in [5.74, 6) is -0.0250. The molecule has 0 aromatic heterocycles. The highest BCUT2D eigenvalue weighted by atomic mass is 16.4. The average molecular weight is 252 g/mol. The van der Waals surface area contributed by atoms with Crippen molar-refractivity contribution in [1.82, 2.24) is 16.0 Å². The molecule has 18 heavy (non-hydrogen) atoms. The Labute approximate surface area is 106 Å². The van der Waals surface area contributed by atoms with Crippen LogP contribution in [0.5, 0.6) is 0 Å². The summed E-state index contributed by atoms with van der Waals surface area (Å²) in [5.41, 5.74) is 0.380. The van der Waals surface area contributed by atoms with Gasteiger partial charge >= 0.3 is 0 Å². The molecule has 3 heterocycles. The van der Waals surface area contributed by atoms with Gasteiger partial charge in [-0.2, -0.15) is 0 Å². The molecule has 0 aromatic rings. The number of nitrogens with one attached hydrogen (secondary N) is 3. The summed E-state index contributed by atoms with van der Waals surface area (Å²) in [6.45, 7) is 2.64. The minimum absolute atomic E-state index is 0.0246. The van der Waals surface area contributed by atoms with Crippen molar-refractivity contribution in [2.75, 3.05) is 19.6 Å². The predicted octanol–water partition coefficient (Wildman–Crippen LogP) is -0.707. The Bertz CT molecular complexity index is 371. The summed E-state index contributed by atoms with van der Waals surface area (Å²) in [7, 11) is 0. The second kappa shape index (κ2) is 4.95. The van der Waals surface area contributed by atoms with Gasteiger partial charge in [0.05, 0.1) is 12.1 Å². The van der Waals surface area contributed by atoms with E-state index < -0.39 is 0 Å². The fourth-order valence-corrected chi connectivity index (χ4v) is 3.43. The lowest BCUT2D eigenvalue weighted by molar-refractivity contribution is -0.118. The van der Waals surface area contributed by atoms with Crippen LogP contribution >= 0.6 is 0 Å². The maximum absolute atomic E-state index is 12.5. The van der Waals surface area contributed by atoms with E-state index in [1.165, 1.54) is 0 Å². The van der Waals surface area contributed by atoms with Gasteiger partial charge in [-0.15, -0.1) is 0 Å². The number of nitrogens with zero attached hydrogens (tertiary/aromatic N) is 1. The second-order valence-electron chi connectivity index (χ2n) is 5.40. The maximum Gasteiger partial charge on any atom is 0.186 e. The lowest BCUT2D eigenvalue weighted by Crippen LogP contribution is -2.58. The van der Waals surface area contributed by atoms with Gasteiger partial charge < -0.3 is 15.8 Å². The lowest BCUT2D eigenvalue weighted by atomic mass is 9.84. The monoisotopic (exact) mass is 252 g/mol. The van der Waals surface area contributed by atoms with Crippen LogP contribution in [0.15, 0.2) is 5.16 Å². The van der Waals surface area contributed by atoms with Gasteiger partial charge in [-0.05, 0) is 32.4 Å². The molecule has 0 bridgehead atoms. The molecule has 4 unspecified atom stereocenters. The molecule has 3 aliphatic heterocycles. The minimum Gasteiger partial charge on any atom is -0.411 e. The zero-order valence-corrected chi connectivity index (χ0v) is 10.4. The van der Waals surface area contributed by atoms with Crippen LogP contribution in [0.1, 0.15) is 19.3 Å². The summed E-state index contributed by atoms with van der Waals surface area (Å²) < 4.78 is 0. The van der Waals surface area contributed by atoms with Crippen LogP contribution in [0.25, 0.3) is 0 Å². The van der Waals surface area contributed by atoms with E-state index in [1.807, 2.05) is 0 Å². The van der Waals surface area contributed by atoms with Crippen LogP contribution in [0.4, 0.5) is 0 Å². The number of hydrogen-bond donors (Lipinski definition) is 4. The normalized spacial score (nSPS) is 43.1. The van der Waals surface area contributed by atoms with Crippen LogP contribution in [0.2, 0.25) is 0 Å². The first kappa shape index (κ1) is 12.1. The van der Waals surface area contributed by atoms with Crippen LogP contribution in [-0.4, -0.2) is 48.5 Å². The molecule has 3 aliphatic rings. The Balaban J connectivity index is 1.92. The smallest absolute Gasteiger partial charge is 0.186 e. The van der Waals surface area contributed by atoms with Gasteiger partial charge in [-0.25, -0.2) is 0 Å². The van der Waals surface area contributed by atoms with Gasteiger partial charge in [0.2, 0.25) is 0 Å². The summed E-state index contributed by atoms with van der Waals surface area (Å²) >= 11 is 0. The molecule has 0 spiro atoms. The Morgan fingerprint density at radius 2 is 2.11 bits per heavy atom. The molecule has 0 aromatic carbocycles. The van der Waals surface area contributed by atoms with Crippen LogP contribution in [-0.2, 0) is 4.79 Å². The van der Waals surface area contributed by atoms with E-state index in [2.05, 4.69) is 21.1 Å². The third kappa shape index (κ3) is 1.94. The van der Waals surface area contributed by atoms with Crippen molar-refractivity contribution < 1.29 is 10.0 Å². The van der Waals surface area contributed by atoms with Gasteiger partial charge in [0, 0.05) is 18.5 Å². The molecule has 3 rings (SSSR count). The third-order valence-corrected chi connectivity index (χ3v) is 4.38. The molecule has 100 valence electrons. The van der Waals surface area contributed by atoms with E-state index in [-0.39, 0.29) is 29.8 Å². The molecule has 4 N–H and O–H groups in total. The van der Waals surface area contributed by atoms with E-state index in [0.717, 1.165) is 38.9 Å². The molecule has 6 heteroatoms. The average Bonchev–Trinajstić information content (AvgIpc) is 2.53. The number of oxime groups is 1. The summed E-state index contributed by atoms with van der Waals surface area (Å²) in [6.07, 6.45) is 2.75. The van der Waals surface area contributed by atoms with Crippen LogP contribution < -0.4 is 16.0 Å². The summed E-state index contributed by atoms with van der Waals surface area (Å²) in [6, 6.07) is 0.175. The van der Waals surface area contributed by atoms with Crippen molar-refractivity contribution in [2.24, 2.45) is 17.0 Å². The van der Waals surface area contributed by atoms with E-state index in [4.69, 9.17) is 0 Å².